The van der Waals surface area contributed by atoms with Gasteiger partial charge in [-0.05, 0) is 30.9 Å². The van der Waals surface area contributed by atoms with Crippen molar-refractivity contribution in [3.05, 3.63) is 29.8 Å². The SMILES string of the molecule is CC(N)CC(C)c1ccncc1F. The second-order valence-corrected chi connectivity index (χ2v) is 3.51. The molecule has 3 heteroatoms. The van der Waals surface area contributed by atoms with E-state index < -0.39 is 0 Å². The zero-order chi connectivity index (χ0) is 9.84. The van der Waals surface area contributed by atoms with Crippen molar-refractivity contribution in [2.24, 2.45) is 5.73 Å². The van der Waals surface area contributed by atoms with E-state index in [0.29, 0.717) is 5.56 Å². The van der Waals surface area contributed by atoms with E-state index in [0.717, 1.165) is 6.42 Å². The van der Waals surface area contributed by atoms with E-state index in [2.05, 4.69) is 4.98 Å². The summed E-state index contributed by atoms with van der Waals surface area (Å²) in [5.41, 5.74) is 6.34. The molecule has 1 aromatic heterocycles. The minimum atomic E-state index is -0.240. The van der Waals surface area contributed by atoms with Crippen LogP contribution in [0.15, 0.2) is 18.5 Å². The van der Waals surface area contributed by atoms with Gasteiger partial charge < -0.3 is 5.73 Å². The molecule has 1 heterocycles. The van der Waals surface area contributed by atoms with Crippen molar-refractivity contribution in [1.29, 1.82) is 0 Å². The minimum Gasteiger partial charge on any atom is -0.328 e. The summed E-state index contributed by atoms with van der Waals surface area (Å²) in [5.74, 6) is -0.0846. The topological polar surface area (TPSA) is 38.9 Å². The molecule has 0 aliphatic carbocycles. The lowest BCUT2D eigenvalue weighted by Gasteiger charge is -2.14. The molecule has 1 aromatic rings. The summed E-state index contributed by atoms with van der Waals surface area (Å²) < 4.78 is 13.2. The molecule has 0 aliphatic rings. The number of aromatic nitrogens is 1. The van der Waals surface area contributed by atoms with Gasteiger partial charge in [-0.25, -0.2) is 4.39 Å². The van der Waals surface area contributed by atoms with Gasteiger partial charge in [0.1, 0.15) is 5.82 Å². The summed E-state index contributed by atoms with van der Waals surface area (Å²) >= 11 is 0. The molecule has 0 bridgehead atoms. The standard InChI is InChI=1S/C10H15FN2/c1-7(5-8(2)12)9-3-4-13-6-10(9)11/h3-4,6-8H,5,12H2,1-2H3. The van der Waals surface area contributed by atoms with E-state index in [1.807, 2.05) is 13.8 Å². The molecule has 0 radical (unpaired) electrons. The molecule has 0 aromatic carbocycles. The first-order valence-electron chi connectivity index (χ1n) is 4.46. The highest BCUT2D eigenvalue weighted by molar-refractivity contribution is 5.17. The van der Waals surface area contributed by atoms with Gasteiger partial charge in [-0.15, -0.1) is 0 Å². The monoisotopic (exact) mass is 182 g/mol. The van der Waals surface area contributed by atoms with Crippen molar-refractivity contribution in [3.8, 4) is 0 Å². The maximum atomic E-state index is 13.2. The molecule has 2 atom stereocenters. The van der Waals surface area contributed by atoms with Crippen LogP contribution in [-0.2, 0) is 0 Å². The molecule has 2 N–H and O–H groups in total. The fourth-order valence-electron chi connectivity index (χ4n) is 1.47. The van der Waals surface area contributed by atoms with Gasteiger partial charge in [0.15, 0.2) is 0 Å². The van der Waals surface area contributed by atoms with E-state index in [-0.39, 0.29) is 17.8 Å². The van der Waals surface area contributed by atoms with Crippen LogP contribution < -0.4 is 5.73 Å². The van der Waals surface area contributed by atoms with Crippen LogP contribution >= 0.6 is 0 Å². The normalized spacial score (nSPS) is 15.4. The third-order valence-corrected chi connectivity index (χ3v) is 2.06. The van der Waals surface area contributed by atoms with E-state index in [4.69, 9.17) is 5.73 Å². The summed E-state index contributed by atoms with van der Waals surface area (Å²) in [4.78, 5) is 3.70. The van der Waals surface area contributed by atoms with Gasteiger partial charge in [-0.2, -0.15) is 0 Å². The number of hydrogen-bond donors (Lipinski definition) is 1. The second-order valence-electron chi connectivity index (χ2n) is 3.51. The number of nitrogens with zero attached hydrogens (tertiary/aromatic N) is 1. The minimum absolute atomic E-state index is 0.0996. The number of rotatable bonds is 3. The Kier molecular flexibility index (Phi) is 3.37. The van der Waals surface area contributed by atoms with Crippen molar-refractivity contribution >= 4 is 0 Å². The van der Waals surface area contributed by atoms with Crippen LogP contribution in [0.3, 0.4) is 0 Å². The first-order chi connectivity index (χ1) is 6.11. The van der Waals surface area contributed by atoms with Crippen molar-refractivity contribution in [1.82, 2.24) is 4.98 Å². The molecule has 0 saturated heterocycles. The number of pyridine rings is 1. The molecule has 72 valence electrons. The Labute approximate surface area is 78.0 Å². The predicted octanol–water partition coefficient (Wildman–Crippen LogP) is 2.06. The lowest BCUT2D eigenvalue weighted by Crippen LogP contribution is -2.17. The Morgan fingerprint density at radius 1 is 1.54 bits per heavy atom. The molecule has 0 aliphatic heterocycles. The van der Waals surface area contributed by atoms with E-state index in [1.54, 1.807) is 12.3 Å². The van der Waals surface area contributed by atoms with Crippen molar-refractivity contribution in [2.45, 2.75) is 32.2 Å². The fourth-order valence-corrected chi connectivity index (χ4v) is 1.47. The summed E-state index contributed by atoms with van der Waals surface area (Å²) in [6.07, 6.45) is 3.64. The van der Waals surface area contributed by atoms with E-state index in [1.165, 1.54) is 6.20 Å². The van der Waals surface area contributed by atoms with Gasteiger partial charge >= 0.3 is 0 Å². The maximum Gasteiger partial charge on any atom is 0.144 e. The lowest BCUT2D eigenvalue weighted by molar-refractivity contribution is 0.539. The highest BCUT2D eigenvalue weighted by atomic mass is 19.1. The van der Waals surface area contributed by atoms with Crippen LogP contribution in [-0.4, -0.2) is 11.0 Å². The highest BCUT2D eigenvalue weighted by Gasteiger charge is 2.11. The Balaban J connectivity index is 2.76. The van der Waals surface area contributed by atoms with Crippen molar-refractivity contribution in [2.75, 3.05) is 0 Å². The molecule has 2 nitrogen and oxygen atoms in total. The molecule has 0 spiro atoms. The van der Waals surface area contributed by atoms with Gasteiger partial charge in [0, 0.05) is 12.2 Å². The Morgan fingerprint density at radius 3 is 2.77 bits per heavy atom. The molecule has 1 rings (SSSR count). The molecular weight excluding hydrogens is 167 g/mol. The summed E-state index contributed by atoms with van der Waals surface area (Å²) in [7, 11) is 0. The average molecular weight is 182 g/mol. The maximum absolute atomic E-state index is 13.2. The summed E-state index contributed by atoms with van der Waals surface area (Å²) in [5, 5.41) is 0. The molecule has 2 unspecified atom stereocenters. The number of nitrogens with two attached hydrogens (primary N) is 1. The van der Waals surface area contributed by atoms with Crippen molar-refractivity contribution in [3.63, 3.8) is 0 Å². The second kappa shape index (κ2) is 4.33. The highest BCUT2D eigenvalue weighted by Crippen LogP contribution is 2.21. The number of hydrogen-bond acceptors (Lipinski definition) is 2. The van der Waals surface area contributed by atoms with Crippen LogP contribution in [0.1, 0.15) is 31.7 Å². The Bertz CT molecular complexity index is 273. The smallest absolute Gasteiger partial charge is 0.144 e. The van der Waals surface area contributed by atoms with E-state index in [9.17, 15) is 4.39 Å². The van der Waals surface area contributed by atoms with Gasteiger partial charge in [0.25, 0.3) is 0 Å². The van der Waals surface area contributed by atoms with Crippen LogP contribution in [0.4, 0.5) is 4.39 Å². The Morgan fingerprint density at radius 2 is 2.23 bits per heavy atom. The third-order valence-electron chi connectivity index (χ3n) is 2.06. The van der Waals surface area contributed by atoms with Crippen LogP contribution in [0.25, 0.3) is 0 Å². The zero-order valence-corrected chi connectivity index (χ0v) is 8.00. The average Bonchev–Trinajstić information content (AvgIpc) is 2.03. The van der Waals surface area contributed by atoms with E-state index >= 15 is 0 Å². The quantitative estimate of drug-likeness (QED) is 0.777. The first kappa shape index (κ1) is 10.1. The molecule has 13 heavy (non-hydrogen) atoms. The largest absolute Gasteiger partial charge is 0.328 e. The third kappa shape index (κ3) is 2.77. The van der Waals surface area contributed by atoms with Gasteiger partial charge in [-0.1, -0.05) is 6.92 Å². The lowest BCUT2D eigenvalue weighted by atomic mass is 9.95. The zero-order valence-electron chi connectivity index (χ0n) is 8.00. The molecule has 0 saturated carbocycles. The van der Waals surface area contributed by atoms with Crippen LogP contribution in [0.2, 0.25) is 0 Å². The van der Waals surface area contributed by atoms with Gasteiger partial charge in [0.2, 0.25) is 0 Å². The predicted molar refractivity (Wildman–Crippen MR) is 50.9 cm³/mol. The van der Waals surface area contributed by atoms with Crippen molar-refractivity contribution < 1.29 is 4.39 Å². The molecule has 0 amide bonds. The summed E-state index contributed by atoms with van der Waals surface area (Å²) in [6, 6.07) is 1.81. The number of halogens is 1. The molecule has 0 fully saturated rings. The molecular formula is C10H15FN2. The van der Waals surface area contributed by atoms with Crippen LogP contribution in [0, 0.1) is 5.82 Å². The van der Waals surface area contributed by atoms with Crippen LogP contribution in [0.5, 0.6) is 0 Å². The van der Waals surface area contributed by atoms with Gasteiger partial charge in [-0.3, -0.25) is 4.98 Å². The fraction of sp³-hybridized carbons (Fsp3) is 0.500. The first-order valence-corrected chi connectivity index (χ1v) is 4.46. The Hall–Kier alpha value is -0.960. The van der Waals surface area contributed by atoms with Gasteiger partial charge in [0.05, 0.1) is 6.20 Å². The summed E-state index contributed by atoms with van der Waals surface area (Å²) in [6.45, 7) is 3.90.